The maximum atomic E-state index is 11.3. The number of carboxylic acid groups (broad SMARTS) is 1. The van der Waals surface area contributed by atoms with Crippen LogP contribution < -0.4 is 15.4 Å². The Hall–Kier alpha value is -2.24. The second kappa shape index (κ2) is 7.97. The quantitative estimate of drug-likeness (QED) is 0.648. The van der Waals surface area contributed by atoms with Crippen LogP contribution in [0.25, 0.3) is 0 Å². The molecule has 6 heteroatoms. The normalized spacial score (nSPS) is 11.4. The van der Waals surface area contributed by atoms with Crippen LogP contribution in [0.4, 0.5) is 4.79 Å². The Morgan fingerprint density at radius 1 is 1.32 bits per heavy atom. The molecule has 0 saturated carbocycles. The molecule has 0 spiro atoms. The molecule has 0 fully saturated rings. The molecular formula is C13H18N2O4. The van der Waals surface area contributed by atoms with Crippen molar-refractivity contribution in [3.05, 3.63) is 30.3 Å². The zero-order chi connectivity index (χ0) is 14.1. The highest BCUT2D eigenvalue weighted by molar-refractivity contribution is 5.82. The van der Waals surface area contributed by atoms with Gasteiger partial charge in [-0.05, 0) is 25.5 Å². The van der Waals surface area contributed by atoms with E-state index >= 15 is 0 Å². The predicted molar refractivity (Wildman–Crippen MR) is 70.2 cm³/mol. The van der Waals surface area contributed by atoms with E-state index in [2.05, 4.69) is 10.6 Å². The van der Waals surface area contributed by atoms with Crippen molar-refractivity contribution < 1.29 is 19.4 Å². The van der Waals surface area contributed by atoms with Gasteiger partial charge >= 0.3 is 12.0 Å². The lowest BCUT2D eigenvalue weighted by molar-refractivity contribution is -0.138. The number of carbonyl (C=O) groups is 2. The highest BCUT2D eigenvalue weighted by Gasteiger charge is 2.12. The Bertz CT molecular complexity index is 408. The van der Waals surface area contributed by atoms with Gasteiger partial charge in [-0.15, -0.1) is 0 Å². The minimum atomic E-state index is -1.07. The summed E-state index contributed by atoms with van der Waals surface area (Å²) in [5.74, 6) is -0.283. The summed E-state index contributed by atoms with van der Waals surface area (Å²) in [6, 6.07) is 7.99. The number of para-hydroxylation sites is 1. The fourth-order valence-corrected chi connectivity index (χ4v) is 1.29. The van der Waals surface area contributed by atoms with Crippen molar-refractivity contribution in [1.82, 2.24) is 10.6 Å². The molecule has 0 aromatic heterocycles. The van der Waals surface area contributed by atoms with Crippen LogP contribution in [-0.2, 0) is 4.79 Å². The number of aliphatic carboxylic acids is 1. The summed E-state index contributed by atoms with van der Waals surface area (Å²) >= 11 is 0. The van der Waals surface area contributed by atoms with Crippen LogP contribution in [0.3, 0.4) is 0 Å². The number of carboxylic acids is 1. The number of urea groups is 1. The summed E-state index contributed by atoms with van der Waals surface area (Å²) in [4.78, 5) is 21.8. The monoisotopic (exact) mass is 266 g/mol. The van der Waals surface area contributed by atoms with E-state index in [0.29, 0.717) is 19.6 Å². The molecule has 1 aromatic rings. The second-order valence-electron chi connectivity index (χ2n) is 3.98. The first-order valence-electron chi connectivity index (χ1n) is 6.04. The number of ether oxygens (including phenoxy) is 1. The van der Waals surface area contributed by atoms with Crippen LogP contribution in [0, 0.1) is 0 Å². The molecule has 0 heterocycles. The molecule has 0 unspecified atom stereocenters. The molecule has 2 amide bonds. The minimum Gasteiger partial charge on any atom is -0.494 e. The summed E-state index contributed by atoms with van der Waals surface area (Å²) in [7, 11) is 0. The van der Waals surface area contributed by atoms with Gasteiger partial charge in [-0.3, -0.25) is 4.79 Å². The van der Waals surface area contributed by atoms with Crippen LogP contribution >= 0.6 is 0 Å². The van der Waals surface area contributed by atoms with E-state index in [-0.39, 0.29) is 0 Å². The largest absolute Gasteiger partial charge is 0.494 e. The van der Waals surface area contributed by atoms with Crippen LogP contribution in [0.5, 0.6) is 5.75 Å². The molecule has 0 aliphatic rings. The number of nitrogens with one attached hydrogen (secondary N) is 2. The summed E-state index contributed by atoms with van der Waals surface area (Å²) in [5.41, 5.74) is 0. The predicted octanol–water partition coefficient (Wildman–Crippen LogP) is 1.23. The Balaban J connectivity index is 2.08. The molecule has 0 saturated heterocycles. The van der Waals surface area contributed by atoms with Crippen LogP contribution in [0.2, 0.25) is 0 Å². The molecule has 1 aromatic carbocycles. The summed E-state index contributed by atoms with van der Waals surface area (Å²) in [6.45, 7) is 2.31. The molecule has 3 N–H and O–H groups in total. The van der Waals surface area contributed by atoms with Crippen LogP contribution in [-0.4, -0.2) is 36.3 Å². The average Bonchev–Trinajstić information content (AvgIpc) is 2.39. The van der Waals surface area contributed by atoms with E-state index in [0.717, 1.165) is 5.75 Å². The first-order valence-corrected chi connectivity index (χ1v) is 6.04. The fraction of sp³-hybridized carbons (Fsp3) is 0.385. The standard InChI is InChI=1S/C13H18N2O4/c1-10(12(16)17)15-13(18)14-8-5-9-19-11-6-3-2-4-7-11/h2-4,6-7,10H,5,8-9H2,1H3,(H,16,17)(H2,14,15,18)/t10-/m0/s1. The Morgan fingerprint density at radius 2 is 2.00 bits per heavy atom. The second-order valence-corrected chi connectivity index (χ2v) is 3.98. The average molecular weight is 266 g/mol. The van der Waals surface area contributed by atoms with Gasteiger partial charge in [0.1, 0.15) is 11.8 Å². The van der Waals surface area contributed by atoms with Crippen molar-refractivity contribution in [2.75, 3.05) is 13.2 Å². The van der Waals surface area contributed by atoms with Gasteiger partial charge in [0.2, 0.25) is 0 Å². The van der Waals surface area contributed by atoms with Crippen LogP contribution in [0.15, 0.2) is 30.3 Å². The molecule has 6 nitrogen and oxygen atoms in total. The SMILES string of the molecule is C[C@H](NC(=O)NCCCOc1ccccc1)C(=O)O. The third kappa shape index (κ3) is 6.30. The molecule has 0 aliphatic carbocycles. The number of benzene rings is 1. The number of hydrogen-bond acceptors (Lipinski definition) is 3. The molecule has 0 aliphatic heterocycles. The smallest absolute Gasteiger partial charge is 0.325 e. The lowest BCUT2D eigenvalue weighted by Crippen LogP contribution is -2.44. The van der Waals surface area contributed by atoms with Gasteiger partial charge in [0.05, 0.1) is 6.61 Å². The maximum absolute atomic E-state index is 11.3. The molecule has 0 bridgehead atoms. The number of hydrogen-bond donors (Lipinski definition) is 3. The third-order valence-electron chi connectivity index (χ3n) is 2.34. The maximum Gasteiger partial charge on any atom is 0.325 e. The van der Waals surface area contributed by atoms with Gasteiger partial charge in [-0.25, -0.2) is 4.79 Å². The van der Waals surface area contributed by atoms with E-state index in [4.69, 9.17) is 9.84 Å². The molecule has 1 rings (SSSR count). The van der Waals surface area contributed by atoms with Crippen LogP contribution in [0.1, 0.15) is 13.3 Å². The minimum absolute atomic E-state index is 0.422. The number of carbonyl (C=O) groups excluding carboxylic acids is 1. The lowest BCUT2D eigenvalue weighted by atomic mass is 10.3. The van der Waals surface area contributed by atoms with Crippen molar-refractivity contribution in [3.8, 4) is 5.75 Å². The first kappa shape index (κ1) is 14.8. The van der Waals surface area contributed by atoms with Gasteiger partial charge in [0.15, 0.2) is 0 Å². The van der Waals surface area contributed by atoms with Gasteiger partial charge in [-0.1, -0.05) is 18.2 Å². The molecule has 0 radical (unpaired) electrons. The van der Waals surface area contributed by atoms with Gasteiger partial charge in [0, 0.05) is 6.54 Å². The number of rotatable bonds is 7. The fourth-order valence-electron chi connectivity index (χ4n) is 1.29. The molecule has 1 atom stereocenters. The van der Waals surface area contributed by atoms with Crippen molar-refractivity contribution in [2.24, 2.45) is 0 Å². The summed E-state index contributed by atoms with van der Waals surface area (Å²) in [5, 5.41) is 13.5. The Kier molecular flexibility index (Phi) is 6.21. The number of amides is 2. The van der Waals surface area contributed by atoms with E-state index in [1.807, 2.05) is 30.3 Å². The van der Waals surface area contributed by atoms with Crippen molar-refractivity contribution in [1.29, 1.82) is 0 Å². The zero-order valence-corrected chi connectivity index (χ0v) is 10.8. The molecule has 104 valence electrons. The first-order chi connectivity index (χ1) is 9.09. The van der Waals surface area contributed by atoms with Gasteiger partial charge in [-0.2, -0.15) is 0 Å². The van der Waals surface area contributed by atoms with Crippen molar-refractivity contribution in [2.45, 2.75) is 19.4 Å². The van der Waals surface area contributed by atoms with E-state index in [9.17, 15) is 9.59 Å². The van der Waals surface area contributed by atoms with E-state index < -0.39 is 18.0 Å². The topological polar surface area (TPSA) is 87.7 Å². The summed E-state index contributed by atoms with van der Waals surface area (Å²) < 4.78 is 5.44. The lowest BCUT2D eigenvalue weighted by Gasteiger charge is -2.11. The summed E-state index contributed by atoms with van der Waals surface area (Å²) in [6.07, 6.45) is 0.643. The molecular weight excluding hydrogens is 248 g/mol. The highest BCUT2D eigenvalue weighted by atomic mass is 16.5. The van der Waals surface area contributed by atoms with Crippen molar-refractivity contribution in [3.63, 3.8) is 0 Å². The molecule has 19 heavy (non-hydrogen) atoms. The Labute approximate surface area is 111 Å². The van der Waals surface area contributed by atoms with Crippen molar-refractivity contribution >= 4 is 12.0 Å². The van der Waals surface area contributed by atoms with Gasteiger partial charge < -0.3 is 20.5 Å². The third-order valence-corrected chi connectivity index (χ3v) is 2.34. The van der Waals surface area contributed by atoms with Gasteiger partial charge in [0.25, 0.3) is 0 Å². The highest BCUT2D eigenvalue weighted by Crippen LogP contribution is 2.07. The van der Waals surface area contributed by atoms with E-state index in [1.54, 1.807) is 0 Å². The van der Waals surface area contributed by atoms with E-state index in [1.165, 1.54) is 6.92 Å². The Morgan fingerprint density at radius 3 is 2.63 bits per heavy atom. The zero-order valence-electron chi connectivity index (χ0n) is 10.8.